The molecule has 1 fully saturated rings. The Labute approximate surface area is 143 Å². The molecule has 1 saturated heterocycles. The van der Waals surface area contributed by atoms with Gasteiger partial charge in [0, 0.05) is 19.0 Å². The summed E-state index contributed by atoms with van der Waals surface area (Å²) in [6.45, 7) is 8.73. The molecule has 1 aliphatic heterocycles. The molecule has 1 amide bonds. The fraction of sp³-hybridized carbons (Fsp3) is 0.526. The highest BCUT2D eigenvalue weighted by molar-refractivity contribution is 5.82. The number of aromatic nitrogens is 3. The predicted octanol–water partition coefficient (Wildman–Crippen LogP) is 3.50. The van der Waals surface area contributed by atoms with Gasteiger partial charge in [0.15, 0.2) is 0 Å². The lowest BCUT2D eigenvalue weighted by molar-refractivity contribution is -0.140. The molecule has 1 atom stereocenters. The van der Waals surface area contributed by atoms with Gasteiger partial charge in [0.05, 0.1) is 29.3 Å². The van der Waals surface area contributed by atoms with E-state index >= 15 is 0 Å². The number of carbonyl (C=O) groups excluding carboxylic acids is 1. The molecule has 24 heavy (non-hydrogen) atoms. The standard InChI is InChI=1S/C19H26N4O/c1-13-20-12-17(22(13)5)15-9-6-8-14(21-15)16-10-7-11-23(16)18(24)19(2,3)4/h6,8-9,12,16H,7,10-11H2,1-5H3. The van der Waals surface area contributed by atoms with Gasteiger partial charge in [-0.3, -0.25) is 4.79 Å². The van der Waals surface area contributed by atoms with Crippen LogP contribution >= 0.6 is 0 Å². The number of hydrogen-bond donors (Lipinski definition) is 0. The Hall–Kier alpha value is -2.17. The van der Waals surface area contributed by atoms with Crippen molar-refractivity contribution in [3.63, 3.8) is 0 Å². The monoisotopic (exact) mass is 326 g/mol. The molecule has 1 aliphatic rings. The van der Waals surface area contributed by atoms with E-state index in [-0.39, 0.29) is 17.4 Å². The van der Waals surface area contributed by atoms with Crippen molar-refractivity contribution < 1.29 is 4.79 Å². The molecule has 128 valence electrons. The minimum atomic E-state index is -0.362. The quantitative estimate of drug-likeness (QED) is 0.849. The lowest BCUT2D eigenvalue weighted by Crippen LogP contribution is -2.39. The van der Waals surface area contributed by atoms with Crippen molar-refractivity contribution in [1.82, 2.24) is 19.4 Å². The van der Waals surface area contributed by atoms with Crippen LogP contribution in [0.5, 0.6) is 0 Å². The van der Waals surface area contributed by atoms with Gasteiger partial charge in [-0.25, -0.2) is 9.97 Å². The summed E-state index contributed by atoms with van der Waals surface area (Å²) in [6, 6.07) is 6.14. The average molecular weight is 326 g/mol. The Kier molecular flexibility index (Phi) is 4.20. The first-order chi connectivity index (χ1) is 11.3. The van der Waals surface area contributed by atoms with E-state index in [1.54, 1.807) is 0 Å². The highest BCUT2D eigenvalue weighted by atomic mass is 16.2. The number of carbonyl (C=O) groups is 1. The van der Waals surface area contributed by atoms with Crippen LogP contribution in [0.1, 0.15) is 51.2 Å². The van der Waals surface area contributed by atoms with E-state index < -0.39 is 0 Å². The van der Waals surface area contributed by atoms with Crippen LogP contribution < -0.4 is 0 Å². The molecule has 5 heteroatoms. The van der Waals surface area contributed by atoms with Crippen LogP contribution in [-0.2, 0) is 11.8 Å². The maximum absolute atomic E-state index is 12.7. The van der Waals surface area contributed by atoms with E-state index in [1.807, 2.05) is 68.6 Å². The van der Waals surface area contributed by atoms with Gasteiger partial charge in [-0.1, -0.05) is 26.8 Å². The molecule has 0 radical (unpaired) electrons. The summed E-state index contributed by atoms with van der Waals surface area (Å²) in [5.74, 6) is 1.16. The van der Waals surface area contributed by atoms with Crippen molar-refractivity contribution in [2.24, 2.45) is 12.5 Å². The smallest absolute Gasteiger partial charge is 0.228 e. The Morgan fingerprint density at radius 3 is 2.67 bits per heavy atom. The summed E-state index contributed by atoms with van der Waals surface area (Å²) < 4.78 is 2.04. The van der Waals surface area contributed by atoms with Crippen LogP contribution in [0, 0.1) is 12.3 Å². The summed E-state index contributed by atoms with van der Waals surface area (Å²) in [4.78, 5) is 24.0. The van der Waals surface area contributed by atoms with Crippen molar-refractivity contribution >= 4 is 5.91 Å². The number of nitrogens with zero attached hydrogens (tertiary/aromatic N) is 4. The second-order valence-corrected chi connectivity index (χ2v) is 7.60. The second kappa shape index (κ2) is 6.04. The molecule has 0 bridgehead atoms. The summed E-state index contributed by atoms with van der Waals surface area (Å²) in [7, 11) is 2.00. The van der Waals surface area contributed by atoms with Crippen molar-refractivity contribution in [3.05, 3.63) is 35.9 Å². The van der Waals surface area contributed by atoms with Crippen LogP contribution in [0.4, 0.5) is 0 Å². The second-order valence-electron chi connectivity index (χ2n) is 7.60. The SMILES string of the molecule is Cc1ncc(-c2cccc(C3CCCN3C(=O)C(C)(C)C)n2)n1C. The lowest BCUT2D eigenvalue weighted by Gasteiger charge is -2.30. The molecule has 3 heterocycles. The third-order valence-electron chi connectivity index (χ3n) is 4.75. The molecule has 2 aromatic rings. The highest BCUT2D eigenvalue weighted by Gasteiger charge is 2.36. The molecule has 5 nitrogen and oxygen atoms in total. The fourth-order valence-corrected chi connectivity index (χ4v) is 3.27. The number of likely N-dealkylation sites (tertiary alicyclic amines) is 1. The van der Waals surface area contributed by atoms with E-state index in [0.29, 0.717) is 0 Å². The maximum Gasteiger partial charge on any atom is 0.228 e. The van der Waals surface area contributed by atoms with E-state index in [4.69, 9.17) is 4.98 Å². The maximum atomic E-state index is 12.7. The number of amides is 1. The third-order valence-corrected chi connectivity index (χ3v) is 4.75. The summed E-state index contributed by atoms with van der Waals surface area (Å²) in [5.41, 5.74) is 2.52. The average Bonchev–Trinajstić information content (AvgIpc) is 3.14. The van der Waals surface area contributed by atoms with Gasteiger partial charge >= 0.3 is 0 Å². The summed E-state index contributed by atoms with van der Waals surface area (Å²) in [6.07, 6.45) is 3.86. The van der Waals surface area contributed by atoms with Crippen LogP contribution in [0.15, 0.2) is 24.4 Å². The number of pyridine rings is 1. The first-order valence-electron chi connectivity index (χ1n) is 8.56. The zero-order valence-corrected chi connectivity index (χ0v) is 15.2. The Morgan fingerprint density at radius 2 is 2.04 bits per heavy atom. The number of hydrogen-bond acceptors (Lipinski definition) is 3. The molecular weight excluding hydrogens is 300 g/mol. The van der Waals surface area contributed by atoms with Crippen LogP contribution in [0.3, 0.4) is 0 Å². The molecule has 2 aromatic heterocycles. The minimum absolute atomic E-state index is 0.0750. The predicted molar refractivity (Wildman–Crippen MR) is 94.3 cm³/mol. The van der Waals surface area contributed by atoms with Crippen molar-refractivity contribution in [2.45, 2.75) is 46.6 Å². The zero-order chi connectivity index (χ0) is 17.5. The Morgan fingerprint density at radius 1 is 1.29 bits per heavy atom. The van der Waals surface area contributed by atoms with Crippen molar-refractivity contribution in [1.29, 1.82) is 0 Å². The zero-order valence-electron chi connectivity index (χ0n) is 15.2. The first-order valence-corrected chi connectivity index (χ1v) is 8.56. The number of aryl methyl sites for hydroxylation is 1. The molecule has 0 aliphatic carbocycles. The number of rotatable bonds is 2. The lowest BCUT2D eigenvalue weighted by atomic mass is 9.94. The van der Waals surface area contributed by atoms with E-state index in [9.17, 15) is 4.79 Å². The van der Waals surface area contributed by atoms with Gasteiger partial charge in [-0.05, 0) is 31.9 Å². The molecule has 3 rings (SSSR count). The summed E-state index contributed by atoms with van der Waals surface area (Å²) >= 11 is 0. The van der Waals surface area contributed by atoms with Crippen molar-refractivity contribution in [3.8, 4) is 11.4 Å². The van der Waals surface area contributed by atoms with Gasteiger partial charge in [-0.15, -0.1) is 0 Å². The molecular formula is C19H26N4O. The molecule has 0 aromatic carbocycles. The van der Waals surface area contributed by atoms with Gasteiger partial charge in [-0.2, -0.15) is 0 Å². The van der Waals surface area contributed by atoms with E-state index in [1.165, 1.54) is 0 Å². The third kappa shape index (κ3) is 2.95. The molecule has 0 N–H and O–H groups in total. The van der Waals surface area contributed by atoms with Crippen molar-refractivity contribution in [2.75, 3.05) is 6.54 Å². The van der Waals surface area contributed by atoms with Crippen LogP contribution in [0.25, 0.3) is 11.4 Å². The Balaban J connectivity index is 1.94. The molecule has 0 spiro atoms. The molecule has 1 unspecified atom stereocenters. The van der Waals surface area contributed by atoms with Gasteiger partial charge in [0.1, 0.15) is 5.82 Å². The topological polar surface area (TPSA) is 51.0 Å². The van der Waals surface area contributed by atoms with Gasteiger partial charge in [0.25, 0.3) is 0 Å². The van der Waals surface area contributed by atoms with Crippen LogP contribution in [0.2, 0.25) is 0 Å². The Bertz CT molecular complexity index is 757. The van der Waals surface area contributed by atoms with E-state index in [0.717, 1.165) is 42.3 Å². The highest BCUT2D eigenvalue weighted by Crippen LogP contribution is 2.35. The largest absolute Gasteiger partial charge is 0.334 e. The van der Waals surface area contributed by atoms with Gasteiger partial charge in [0.2, 0.25) is 5.91 Å². The normalized spacial score (nSPS) is 18.2. The van der Waals surface area contributed by atoms with E-state index in [2.05, 4.69) is 4.98 Å². The fourth-order valence-electron chi connectivity index (χ4n) is 3.27. The van der Waals surface area contributed by atoms with Crippen LogP contribution in [-0.4, -0.2) is 31.9 Å². The molecule has 0 saturated carbocycles. The van der Waals surface area contributed by atoms with Gasteiger partial charge < -0.3 is 9.47 Å². The first kappa shape index (κ1) is 16.7. The number of imidazole rings is 1. The minimum Gasteiger partial charge on any atom is -0.334 e. The summed E-state index contributed by atoms with van der Waals surface area (Å²) in [5, 5.41) is 0.